The largest absolute Gasteiger partial charge is 0.307 e. The monoisotopic (exact) mass is 207 g/mol. The Kier molecular flexibility index (Phi) is 4.41. The number of rotatable bonds is 4. The molecule has 0 heterocycles. The van der Waals surface area contributed by atoms with Crippen LogP contribution >= 0.6 is 23.2 Å². The summed E-state index contributed by atoms with van der Waals surface area (Å²) in [6.45, 7) is 0.830. The fraction of sp³-hybridized carbons (Fsp3) is 0.778. The van der Waals surface area contributed by atoms with Crippen LogP contribution in [-0.4, -0.2) is 18.0 Å². The van der Waals surface area contributed by atoms with Gasteiger partial charge in [-0.1, -0.05) is 30.5 Å². The van der Waals surface area contributed by atoms with Crippen molar-refractivity contribution in [3.63, 3.8) is 0 Å². The van der Waals surface area contributed by atoms with Gasteiger partial charge in [-0.2, -0.15) is 0 Å². The van der Waals surface area contributed by atoms with Gasteiger partial charge in [0.2, 0.25) is 0 Å². The summed E-state index contributed by atoms with van der Waals surface area (Å²) in [6, 6.07) is 0. The molecule has 1 aliphatic carbocycles. The molecule has 0 amide bonds. The summed E-state index contributed by atoms with van der Waals surface area (Å²) in [4.78, 5) is 0. The highest BCUT2D eigenvalue weighted by Gasteiger charge is 2.31. The summed E-state index contributed by atoms with van der Waals surface area (Å²) in [7, 11) is 0. The van der Waals surface area contributed by atoms with E-state index in [-0.39, 0.29) is 5.54 Å². The fourth-order valence-electron chi connectivity index (χ4n) is 1.73. The molecule has 0 aromatic heterocycles. The minimum atomic E-state index is 0.192. The molecule has 1 rings (SSSR count). The van der Waals surface area contributed by atoms with E-state index in [0.717, 1.165) is 6.54 Å². The van der Waals surface area contributed by atoms with Crippen molar-refractivity contribution in [3.8, 4) is 0 Å². The molecule has 1 aliphatic rings. The van der Waals surface area contributed by atoms with Crippen LogP contribution < -0.4 is 5.32 Å². The lowest BCUT2D eigenvalue weighted by molar-refractivity contribution is 0.388. The molecule has 0 radical (unpaired) electrons. The number of hydrogen-bond acceptors (Lipinski definition) is 1. The second-order valence-electron chi connectivity index (χ2n) is 3.36. The molecule has 1 fully saturated rings. The molecule has 0 bridgehead atoms. The van der Waals surface area contributed by atoms with Crippen molar-refractivity contribution in [1.82, 2.24) is 5.32 Å². The quantitative estimate of drug-likeness (QED) is 0.700. The van der Waals surface area contributed by atoms with E-state index in [1.165, 1.54) is 25.7 Å². The molecule has 0 atom stereocenters. The summed E-state index contributed by atoms with van der Waals surface area (Å²) in [5.74, 6) is 0.711. The minimum Gasteiger partial charge on any atom is -0.307 e. The first-order valence-corrected chi connectivity index (χ1v) is 5.36. The van der Waals surface area contributed by atoms with E-state index in [4.69, 9.17) is 23.2 Å². The van der Waals surface area contributed by atoms with E-state index in [2.05, 4.69) is 5.32 Å². The van der Waals surface area contributed by atoms with Gasteiger partial charge in [0.25, 0.3) is 0 Å². The fourth-order valence-corrected chi connectivity index (χ4v) is 2.18. The Balaban J connectivity index is 2.33. The number of hydrogen-bond donors (Lipinski definition) is 1. The first-order chi connectivity index (χ1) is 5.83. The lowest BCUT2D eigenvalue weighted by Crippen LogP contribution is -2.44. The van der Waals surface area contributed by atoms with E-state index in [9.17, 15) is 0 Å². The van der Waals surface area contributed by atoms with E-state index in [1.54, 1.807) is 5.54 Å². The van der Waals surface area contributed by atoms with Crippen LogP contribution in [0, 0.1) is 0 Å². The van der Waals surface area contributed by atoms with Crippen molar-refractivity contribution in [1.29, 1.82) is 0 Å². The van der Waals surface area contributed by atoms with Crippen molar-refractivity contribution in [2.24, 2.45) is 0 Å². The topological polar surface area (TPSA) is 12.0 Å². The molecular formula is C9H15Cl2N. The molecule has 1 nitrogen and oxygen atoms in total. The van der Waals surface area contributed by atoms with Crippen LogP contribution in [0.2, 0.25) is 0 Å². The van der Waals surface area contributed by atoms with Crippen LogP contribution in [0.3, 0.4) is 0 Å². The molecule has 0 spiro atoms. The van der Waals surface area contributed by atoms with Crippen LogP contribution in [0.15, 0.2) is 11.6 Å². The normalized spacial score (nSPS) is 22.2. The van der Waals surface area contributed by atoms with Gasteiger partial charge in [-0.25, -0.2) is 0 Å². The highest BCUT2D eigenvalue weighted by molar-refractivity contribution is 6.25. The average molecular weight is 208 g/mol. The van der Waals surface area contributed by atoms with Crippen LogP contribution in [0.25, 0.3) is 0 Å². The van der Waals surface area contributed by atoms with Gasteiger partial charge < -0.3 is 5.32 Å². The molecule has 0 unspecified atom stereocenters. The number of nitrogens with one attached hydrogen (secondary N) is 1. The molecule has 0 aromatic rings. The second-order valence-corrected chi connectivity index (χ2v) is 3.88. The Morgan fingerprint density at radius 1 is 1.33 bits per heavy atom. The van der Waals surface area contributed by atoms with Gasteiger partial charge >= 0.3 is 0 Å². The van der Waals surface area contributed by atoms with E-state index >= 15 is 0 Å². The van der Waals surface area contributed by atoms with Crippen LogP contribution in [0.1, 0.15) is 25.7 Å². The smallest absolute Gasteiger partial charge is 0.0406 e. The van der Waals surface area contributed by atoms with Gasteiger partial charge in [-0.3, -0.25) is 0 Å². The van der Waals surface area contributed by atoms with Crippen LogP contribution in [0.4, 0.5) is 0 Å². The maximum atomic E-state index is 5.92. The minimum absolute atomic E-state index is 0.192. The molecule has 1 N–H and O–H groups in total. The lowest BCUT2D eigenvalue weighted by atomic mass is 10.0. The average Bonchev–Trinajstić information content (AvgIpc) is 2.55. The molecular weight excluding hydrogens is 193 g/mol. The summed E-state index contributed by atoms with van der Waals surface area (Å²) in [5.41, 5.74) is 1.74. The predicted octanol–water partition coefficient (Wildman–Crippen LogP) is 2.88. The Morgan fingerprint density at radius 2 is 2.00 bits per heavy atom. The highest BCUT2D eigenvalue weighted by Crippen LogP contribution is 2.30. The van der Waals surface area contributed by atoms with E-state index in [0.29, 0.717) is 5.88 Å². The number of alkyl halides is 1. The van der Waals surface area contributed by atoms with Crippen molar-refractivity contribution in [2.45, 2.75) is 31.2 Å². The molecule has 70 valence electrons. The van der Waals surface area contributed by atoms with Crippen LogP contribution in [0.5, 0.6) is 0 Å². The molecule has 3 heteroatoms. The van der Waals surface area contributed by atoms with Gasteiger partial charge in [0.05, 0.1) is 0 Å². The summed E-state index contributed by atoms with van der Waals surface area (Å²) >= 11 is 11.3. The molecule has 0 aromatic carbocycles. The van der Waals surface area contributed by atoms with Gasteiger partial charge in [-0.15, -0.1) is 11.6 Å². The van der Waals surface area contributed by atoms with Gasteiger partial charge in [-0.05, 0) is 12.8 Å². The predicted molar refractivity (Wildman–Crippen MR) is 54.9 cm³/mol. The van der Waals surface area contributed by atoms with E-state index in [1.807, 2.05) is 6.08 Å². The lowest BCUT2D eigenvalue weighted by Gasteiger charge is -2.27. The summed E-state index contributed by atoms with van der Waals surface area (Å²) in [6.07, 6.45) is 6.90. The third-order valence-electron chi connectivity index (χ3n) is 2.50. The second kappa shape index (κ2) is 5.11. The Labute approximate surface area is 84.1 Å². The zero-order valence-corrected chi connectivity index (χ0v) is 8.67. The van der Waals surface area contributed by atoms with E-state index < -0.39 is 0 Å². The third-order valence-corrected chi connectivity index (χ3v) is 3.19. The maximum absolute atomic E-state index is 5.92. The first-order valence-electron chi connectivity index (χ1n) is 4.39. The SMILES string of the molecule is Cl/C=C/CNC1(CCl)CCCC1. The van der Waals surface area contributed by atoms with Gasteiger partial charge in [0.1, 0.15) is 0 Å². The Hall–Kier alpha value is 0.280. The Morgan fingerprint density at radius 3 is 2.50 bits per heavy atom. The standard InChI is InChI=1S/C9H15Cl2N/c10-6-3-7-12-9(8-11)4-1-2-5-9/h3,6,12H,1-2,4-5,7-8H2/b6-3+. The zero-order valence-electron chi connectivity index (χ0n) is 7.15. The highest BCUT2D eigenvalue weighted by atomic mass is 35.5. The first kappa shape index (κ1) is 10.4. The molecule has 0 aliphatic heterocycles. The van der Waals surface area contributed by atoms with Crippen molar-refractivity contribution < 1.29 is 0 Å². The van der Waals surface area contributed by atoms with Crippen LogP contribution in [-0.2, 0) is 0 Å². The summed E-state index contributed by atoms with van der Waals surface area (Å²) < 4.78 is 0. The molecule has 1 saturated carbocycles. The summed E-state index contributed by atoms with van der Waals surface area (Å²) in [5, 5.41) is 3.44. The van der Waals surface area contributed by atoms with Gasteiger partial charge in [0, 0.05) is 23.5 Å². The zero-order chi connectivity index (χ0) is 8.86. The third kappa shape index (κ3) is 2.65. The van der Waals surface area contributed by atoms with Crippen molar-refractivity contribution in [3.05, 3.63) is 11.6 Å². The van der Waals surface area contributed by atoms with Gasteiger partial charge in [0.15, 0.2) is 0 Å². The molecule has 0 saturated heterocycles. The van der Waals surface area contributed by atoms with Crippen molar-refractivity contribution in [2.75, 3.05) is 12.4 Å². The Bertz CT molecular complexity index is 151. The van der Waals surface area contributed by atoms with Crippen molar-refractivity contribution >= 4 is 23.2 Å². The maximum Gasteiger partial charge on any atom is 0.0406 e. The molecule has 12 heavy (non-hydrogen) atoms. The number of halogens is 2.